The maximum Gasteiger partial charge on any atom is 0.257 e. The molecule has 2 heterocycles. The molecule has 1 fully saturated rings. The summed E-state index contributed by atoms with van der Waals surface area (Å²) in [6.07, 6.45) is 2.64. The van der Waals surface area contributed by atoms with Crippen LogP contribution in [0.3, 0.4) is 0 Å². The summed E-state index contributed by atoms with van der Waals surface area (Å²) >= 11 is 0. The average Bonchev–Trinajstić information content (AvgIpc) is 3.32. The predicted molar refractivity (Wildman–Crippen MR) is 140 cm³/mol. The molecule has 36 heavy (non-hydrogen) atoms. The lowest BCUT2D eigenvalue weighted by Crippen LogP contribution is -2.51. The lowest BCUT2D eigenvalue weighted by atomic mass is 10.00. The zero-order chi connectivity index (χ0) is 25.5. The van der Waals surface area contributed by atoms with Crippen LogP contribution in [0.2, 0.25) is 0 Å². The van der Waals surface area contributed by atoms with E-state index in [1.54, 1.807) is 11.8 Å². The van der Waals surface area contributed by atoms with Gasteiger partial charge in [-0.1, -0.05) is 42.0 Å². The van der Waals surface area contributed by atoms with E-state index in [9.17, 15) is 9.59 Å². The van der Waals surface area contributed by atoms with E-state index in [1.807, 2.05) is 47.5 Å². The van der Waals surface area contributed by atoms with Crippen LogP contribution in [-0.4, -0.2) is 84.4 Å². The molecular weight excluding hydrogens is 454 g/mol. The molecule has 190 valence electrons. The number of para-hydroxylation sites is 1. The highest BCUT2D eigenvalue weighted by Gasteiger charge is 2.27. The molecule has 0 unspecified atom stereocenters. The van der Waals surface area contributed by atoms with Gasteiger partial charge in [0.25, 0.3) is 5.91 Å². The fourth-order valence-corrected chi connectivity index (χ4v) is 4.50. The SMILES string of the molecule is COCCCNC(=O)CN1CCN(C(=O)c2cn(-c3ccccc3)nc2-c2ccc(C)cc2C)CC1. The number of nitrogens with one attached hydrogen (secondary N) is 1. The third-order valence-electron chi connectivity index (χ3n) is 6.48. The van der Waals surface area contributed by atoms with Gasteiger partial charge >= 0.3 is 0 Å². The molecule has 1 aliphatic rings. The fraction of sp³-hybridized carbons (Fsp3) is 0.393. The minimum absolute atomic E-state index is 0.00662. The quantitative estimate of drug-likeness (QED) is 0.468. The fourth-order valence-electron chi connectivity index (χ4n) is 4.50. The Bertz CT molecular complexity index is 1180. The summed E-state index contributed by atoms with van der Waals surface area (Å²) in [5, 5.41) is 7.78. The van der Waals surface area contributed by atoms with Crippen molar-refractivity contribution in [3.05, 3.63) is 71.4 Å². The topological polar surface area (TPSA) is 79.7 Å². The second-order valence-corrected chi connectivity index (χ2v) is 9.25. The van der Waals surface area contributed by atoms with E-state index in [-0.39, 0.29) is 11.8 Å². The number of piperazine rings is 1. The summed E-state index contributed by atoms with van der Waals surface area (Å²) in [5.41, 5.74) is 5.41. The number of amides is 2. The van der Waals surface area contributed by atoms with Gasteiger partial charge in [0.2, 0.25) is 5.91 Å². The van der Waals surface area contributed by atoms with E-state index < -0.39 is 0 Å². The standard InChI is InChI=1S/C28H35N5O3/c1-21-10-11-24(22(2)18-21)27-25(19-33(30-27)23-8-5-4-6-9-23)28(35)32-15-13-31(14-16-32)20-26(34)29-12-7-17-36-3/h4-6,8-11,18-19H,7,12-17,20H2,1-3H3,(H,29,34). The van der Waals surface area contributed by atoms with Gasteiger partial charge in [0.05, 0.1) is 17.8 Å². The van der Waals surface area contributed by atoms with Crippen LogP contribution < -0.4 is 5.32 Å². The molecule has 8 nitrogen and oxygen atoms in total. The van der Waals surface area contributed by atoms with Gasteiger partial charge in [0, 0.05) is 58.2 Å². The zero-order valence-electron chi connectivity index (χ0n) is 21.4. The number of hydrogen-bond donors (Lipinski definition) is 1. The van der Waals surface area contributed by atoms with Crippen molar-refractivity contribution in [3.8, 4) is 16.9 Å². The number of benzene rings is 2. The first-order valence-electron chi connectivity index (χ1n) is 12.5. The van der Waals surface area contributed by atoms with Gasteiger partial charge in [-0.15, -0.1) is 0 Å². The normalized spacial score (nSPS) is 14.1. The predicted octanol–water partition coefficient (Wildman–Crippen LogP) is 3.07. The highest BCUT2D eigenvalue weighted by molar-refractivity contribution is 6.00. The average molecular weight is 490 g/mol. The highest BCUT2D eigenvalue weighted by Crippen LogP contribution is 2.28. The molecule has 3 aromatic rings. The molecule has 8 heteroatoms. The molecule has 0 radical (unpaired) electrons. The van der Waals surface area contributed by atoms with Crippen LogP contribution in [0.5, 0.6) is 0 Å². The van der Waals surface area contributed by atoms with E-state index in [0.29, 0.717) is 57.1 Å². The molecule has 2 amide bonds. The smallest absolute Gasteiger partial charge is 0.257 e. The summed E-state index contributed by atoms with van der Waals surface area (Å²) in [7, 11) is 1.65. The Morgan fingerprint density at radius 2 is 1.78 bits per heavy atom. The number of nitrogens with zero attached hydrogens (tertiary/aromatic N) is 4. The number of aryl methyl sites for hydroxylation is 2. The first-order chi connectivity index (χ1) is 17.5. The molecule has 1 saturated heterocycles. The monoisotopic (exact) mass is 489 g/mol. The molecule has 0 aliphatic carbocycles. The van der Waals surface area contributed by atoms with Crippen molar-refractivity contribution >= 4 is 11.8 Å². The van der Waals surface area contributed by atoms with Gasteiger partial charge in [-0.25, -0.2) is 4.68 Å². The van der Waals surface area contributed by atoms with Crippen LogP contribution in [0.4, 0.5) is 0 Å². The number of rotatable bonds is 9. The number of aromatic nitrogens is 2. The van der Waals surface area contributed by atoms with Crippen molar-refractivity contribution < 1.29 is 14.3 Å². The summed E-state index contributed by atoms with van der Waals surface area (Å²) in [5.74, 6) is -0.0250. The Balaban J connectivity index is 1.48. The summed E-state index contributed by atoms with van der Waals surface area (Å²) in [4.78, 5) is 29.9. The molecule has 2 aromatic carbocycles. The van der Waals surface area contributed by atoms with E-state index in [1.165, 1.54) is 5.56 Å². The molecule has 0 spiro atoms. The Morgan fingerprint density at radius 3 is 2.47 bits per heavy atom. The maximum atomic E-state index is 13.7. The number of methoxy groups -OCH3 is 1. The minimum Gasteiger partial charge on any atom is -0.385 e. The summed E-state index contributed by atoms with van der Waals surface area (Å²) in [6.45, 7) is 8.14. The van der Waals surface area contributed by atoms with Gasteiger partial charge in [-0.05, 0) is 38.0 Å². The molecule has 0 saturated carbocycles. The van der Waals surface area contributed by atoms with Crippen molar-refractivity contribution in [1.29, 1.82) is 0 Å². The van der Waals surface area contributed by atoms with Gasteiger partial charge in [-0.3, -0.25) is 14.5 Å². The zero-order valence-corrected chi connectivity index (χ0v) is 21.4. The third-order valence-corrected chi connectivity index (χ3v) is 6.48. The van der Waals surface area contributed by atoms with Crippen molar-refractivity contribution in [1.82, 2.24) is 24.9 Å². The van der Waals surface area contributed by atoms with Gasteiger partial charge < -0.3 is 15.0 Å². The minimum atomic E-state index is -0.0316. The third kappa shape index (κ3) is 6.19. The van der Waals surface area contributed by atoms with Crippen LogP contribution in [-0.2, 0) is 9.53 Å². The second kappa shape index (κ2) is 12.0. The molecule has 4 rings (SSSR count). The van der Waals surface area contributed by atoms with E-state index in [2.05, 4.69) is 36.2 Å². The Hall–Kier alpha value is -3.49. The Labute approximate surface area is 212 Å². The van der Waals surface area contributed by atoms with E-state index in [4.69, 9.17) is 9.84 Å². The van der Waals surface area contributed by atoms with Crippen molar-refractivity contribution in [2.24, 2.45) is 0 Å². The maximum absolute atomic E-state index is 13.7. The molecular formula is C28H35N5O3. The van der Waals surface area contributed by atoms with Crippen LogP contribution in [0.15, 0.2) is 54.7 Å². The van der Waals surface area contributed by atoms with Gasteiger partial charge in [0.1, 0.15) is 5.69 Å². The lowest BCUT2D eigenvalue weighted by molar-refractivity contribution is -0.122. The molecule has 1 N–H and O–H groups in total. The van der Waals surface area contributed by atoms with Crippen LogP contribution in [0.1, 0.15) is 27.9 Å². The van der Waals surface area contributed by atoms with E-state index in [0.717, 1.165) is 23.2 Å². The first kappa shape index (κ1) is 25.6. The number of carbonyl (C=O) groups is 2. The van der Waals surface area contributed by atoms with E-state index >= 15 is 0 Å². The Morgan fingerprint density at radius 1 is 1.03 bits per heavy atom. The molecule has 1 aromatic heterocycles. The number of carbonyl (C=O) groups excluding carboxylic acids is 2. The number of hydrogen-bond acceptors (Lipinski definition) is 5. The van der Waals surface area contributed by atoms with Crippen LogP contribution in [0, 0.1) is 13.8 Å². The van der Waals surface area contributed by atoms with Crippen LogP contribution >= 0.6 is 0 Å². The first-order valence-corrected chi connectivity index (χ1v) is 12.5. The molecule has 0 bridgehead atoms. The Kier molecular flexibility index (Phi) is 8.51. The highest BCUT2D eigenvalue weighted by atomic mass is 16.5. The van der Waals surface area contributed by atoms with Gasteiger partial charge in [0.15, 0.2) is 0 Å². The van der Waals surface area contributed by atoms with Crippen molar-refractivity contribution in [2.45, 2.75) is 20.3 Å². The van der Waals surface area contributed by atoms with Crippen molar-refractivity contribution in [2.75, 3.05) is 53.0 Å². The van der Waals surface area contributed by atoms with Crippen LogP contribution in [0.25, 0.3) is 16.9 Å². The summed E-state index contributed by atoms with van der Waals surface area (Å²) in [6, 6.07) is 16.1. The lowest BCUT2D eigenvalue weighted by Gasteiger charge is -2.34. The van der Waals surface area contributed by atoms with Gasteiger partial charge in [-0.2, -0.15) is 5.10 Å². The largest absolute Gasteiger partial charge is 0.385 e. The summed E-state index contributed by atoms with van der Waals surface area (Å²) < 4.78 is 6.80. The number of ether oxygens (including phenoxy) is 1. The molecule has 0 atom stereocenters. The van der Waals surface area contributed by atoms with Crippen molar-refractivity contribution in [3.63, 3.8) is 0 Å². The second-order valence-electron chi connectivity index (χ2n) is 9.25. The molecule has 1 aliphatic heterocycles.